The molecule has 2 rings (SSSR count). The molecule has 1 aromatic carbocycles. The molecule has 0 bridgehead atoms. The lowest BCUT2D eigenvalue weighted by Crippen LogP contribution is -2.40. The fraction of sp³-hybridized carbons (Fsp3) is 0.308. The van der Waals surface area contributed by atoms with Crippen molar-refractivity contribution in [3.05, 3.63) is 46.2 Å². The fourth-order valence-electron chi connectivity index (χ4n) is 1.74. The first-order valence-corrected chi connectivity index (χ1v) is 7.34. The van der Waals surface area contributed by atoms with Gasteiger partial charge in [0.15, 0.2) is 0 Å². The highest BCUT2D eigenvalue weighted by Gasteiger charge is 2.31. The smallest absolute Gasteiger partial charge is 0.230 e. The fourth-order valence-corrected chi connectivity index (χ4v) is 2.96. The highest BCUT2D eigenvalue weighted by Crippen LogP contribution is 2.30. The molecule has 0 unspecified atom stereocenters. The molecular weight excluding hydrogens is 326 g/mol. The molecule has 6 heteroatoms. The third-order valence-electron chi connectivity index (χ3n) is 2.95. The number of nitrogens with zero attached hydrogens (tertiary/aromatic N) is 2. The van der Waals surface area contributed by atoms with Crippen molar-refractivity contribution in [1.82, 2.24) is 14.1 Å². The molecule has 100 valence electrons. The van der Waals surface area contributed by atoms with Crippen LogP contribution in [-0.2, 0) is 16.8 Å². The van der Waals surface area contributed by atoms with Gasteiger partial charge >= 0.3 is 0 Å². The Labute approximate surface area is 124 Å². The van der Waals surface area contributed by atoms with E-state index in [-0.39, 0.29) is 5.91 Å². The number of rotatable bonds is 4. The van der Waals surface area contributed by atoms with Gasteiger partial charge in [-0.1, -0.05) is 34.1 Å². The van der Waals surface area contributed by atoms with E-state index in [1.807, 2.05) is 38.1 Å². The summed E-state index contributed by atoms with van der Waals surface area (Å²) < 4.78 is 8.91. The van der Waals surface area contributed by atoms with E-state index >= 15 is 0 Å². The Hall–Kier alpha value is -1.27. The van der Waals surface area contributed by atoms with Crippen LogP contribution in [0.25, 0.3) is 0 Å². The minimum Gasteiger partial charge on any atom is -0.350 e. The van der Waals surface area contributed by atoms with Crippen LogP contribution in [0.2, 0.25) is 0 Å². The second kappa shape index (κ2) is 5.79. The third kappa shape index (κ3) is 3.19. The number of hydrogen-bond acceptors (Lipinski definition) is 4. The Kier molecular flexibility index (Phi) is 4.31. The van der Waals surface area contributed by atoms with Crippen LogP contribution in [0.1, 0.15) is 25.1 Å². The maximum absolute atomic E-state index is 12.3. The Morgan fingerprint density at radius 2 is 2.16 bits per heavy atom. The minimum atomic E-state index is -0.608. The van der Waals surface area contributed by atoms with E-state index in [4.69, 9.17) is 0 Å². The Bertz CT molecular complexity index is 569. The third-order valence-corrected chi connectivity index (χ3v) is 4.16. The lowest BCUT2D eigenvalue weighted by Gasteiger charge is -2.25. The molecule has 0 saturated heterocycles. The monoisotopic (exact) mass is 339 g/mol. The number of nitrogens with one attached hydrogen (secondary N) is 1. The van der Waals surface area contributed by atoms with Gasteiger partial charge in [-0.25, -0.2) is 0 Å². The number of carbonyl (C=O) groups is 1. The molecule has 1 aromatic heterocycles. The van der Waals surface area contributed by atoms with Crippen molar-refractivity contribution in [2.24, 2.45) is 0 Å². The summed E-state index contributed by atoms with van der Waals surface area (Å²) in [5.74, 6) is -0.0348. The van der Waals surface area contributed by atoms with E-state index in [9.17, 15) is 4.79 Å². The summed E-state index contributed by atoms with van der Waals surface area (Å²) in [6.45, 7) is 4.21. The molecule has 1 amide bonds. The zero-order chi connectivity index (χ0) is 13.9. The second-order valence-electron chi connectivity index (χ2n) is 4.69. The van der Waals surface area contributed by atoms with Crippen LogP contribution in [0.3, 0.4) is 0 Å². The molecule has 0 aliphatic rings. The van der Waals surface area contributed by atoms with Crippen LogP contribution >= 0.6 is 27.7 Å². The lowest BCUT2D eigenvalue weighted by molar-refractivity contribution is -0.125. The van der Waals surface area contributed by atoms with E-state index in [2.05, 4.69) is 30.0 Å². The zero-order valence-corrected chi connectivity index (χ0v) is 13.1. The van der Waals surface area contributed by atoms with Crippen LogP contribution in [0.15, 0.2) is 34.9 Å². The van der Waals surface area contributed by atoms with Gasteiger partial charge < -0.3 is 5.32 Å². The van der Waals surface area contributed by atoms with E-state index in [1.54, 1.807) is 6.20 Å². The number of aromatic nitrogens is 2. The number of halogens is 1. The highest BCUT2D eigenvalue weighted by molar-refractivity contribution is 9.10. The summed E-state index contributed by atoms with van der Waals surface area (Å²) in [5, 5.41) is 2.90. The first kappa shape index (κ1) is 14.1. The lowest BCUT2D eigenvalue weighted by atomic mass is 9.83. The molecule has 19 heavy (non-hydrogen) atoms. The van der Waals surface area contributed by atoms with Crippen LogP contribution in [0.5, 0.6) is 0 Å². The molecule has 0 atom stereocenters. The van der Waals surface area contributed by atoms with Crippen molar-refractivity contribution in [2.45, 2.75) is 25.8 Å². The average Bonchev–Trinajstić information content (AvgIpc) is 2.89. The number of benzene rings is 1. The summed E-state index contributed by atoms with van der Waals surface area (Å²) in [4.78, 5) is 12.3. The van der Waals surface area contributed by atoms with Crippen molar-refractivity contribution >= 4 is 33.6 Å². The van der Waals surface area contributed by atoms with Gasteiger partial charge in [0.2, 0.25) is 5.91 Å². The molecule has 0 spiro atoms. The maximum Gasteiger partial charge on any atom is 0.230 e. The first-order valence-electron chi connectivity index (χ1n) is 5.81. The van der Waals surface area contributed by atoms with Crippen molar-refractivity contribution in [3.8, 4) is 0 Å². The Balaban J connectivity index is 2.11. The van der Waals surface area contributed by atoms with Gasteiger partial charge in [-0.15, -0.1) is 0 Å². The molecular formula is C13H14BrN3OS. The molecule has 2 aromatic rings. The van der Waals surface area contributed by atoms with E-state index < -0.39 is 5.41 Å². The van der Waals surface area contributed by atoms with Gasteiger partial charge in [0.1, 0.15) is 0 Å². The second-order valence-corrected chi connectivity index (χ2v) is 6.10. The van der Waals surface area contributed by atoms with Crippen molar-refractivity contribution in [3.63, 3.8) is 0 Å². The maximum atomic E-state index is 12.3. The largest absolute Gasteiger partial charge is 0.350 e. The van der Waals surface area contributed by atoms with Crippen molar-refractivity contribution < 1.29 is 4.79 Å². The standard InChI is InChI=1S/C13H14BrN3OS/c1-13(2,10-5-3-4-6-11(10)14)12(18)15-7-9-8-16-19-17-9/h3-6,8H,7H2,1-2H3,(H,15,18). The summed E-state index contributed by atoms with van der Waals surface area (Å²) in [6, 6.07) is 7.75. The topological polar surface area (TPSA) is 54.9 Å². The van der Waals surface area contributed by atoms with Gasteiger partial charge in [0, 0.05) is 4.47 Å². The SMILES string of the molecule is CC(C)(C(=O)NCc1cnsn1)c1ccccc1Br. The summed E-state index contributed by atoms with van der Waals surface area (Å²) >= 11 is 4.63. The van der Waals surface area contributed by atoms with Crippen LogP contribution < -0.4 is 5.32 Å². The van der Waals surface area contributed by atoms with Gasteiger partial charge in [-0.3, -0.25) is 4.79 Å². The molecule has 1 heterocycles. The minimum absolute atomic E-state index is 0.0348. The van der Waals surface area contributed by atoms with Crippen molar-refractivity contribution in [2.75, 3.05) is 0 Å². The molecule has 0 radical (unpaired) electrons. The van der Waals surface area contributed by atoms with Crippen LogP contribution in [-0.4, -0.2) is 14.7 Å². The number of amides is 1. The predicted molar refractivity (Wildman–Crippen MR) is 78.9 cm³/mol. The Morgan fingerprint density at radius 1 is 1.42 bits per heavy atom. The van der Waals surface area contributed by atoms with E-state index in [0.717, 1.165) is 27.5 Å². The van der Waals surface area contributed by atoms with Gasteiger partial charge in [-0.2, -0.15) is 8.75 Å². The summed E-state index contributed by atoms with van der Waals surface area (Å²) in [5.41, 5.74) is 1.13. The zero-order valence-electron chi connectivity index (χ0n) is 10.7. The molecule has 0 aliphatic heterocycles. The van der Waals surface area contributed by atoms with E-state index in [1.165, 1.54) is 0 Å². The highest BCUT2D eigenvalue weighted by atomic mass is 79.9. The first-order chi connectivity index (χ1) is 9.01. The average molecular weight is 340 g/mol. The molecule has 0 fully saturated rings. The van der Waals surface area contributed by atoms with Crippen molar-refractivity contribution in [1.29, 1.82) is 0 Å². The van der Waals surface area contributed by atoms with Crippen LogP contribution in [0, 0.1) is 0 Å². The van der Waals surface area contributed by atoms with E-state index in [0.29, 0.717) is 6.54 Å². The Morgan fingerprint density at radius 3 is 2.79 bits per heavy atom. The summed E-state index contributed by atoms with van der Waals surface area (Å²) in [6.07, 6.45) is 1.66. The number of hydrogen-bond donors (Lipinski definition) is 1. The van der Waals surface area contributed by atoms with Gasteiger partial charge in [-0.05, 0) is 25.5 Å². The quantitative estimate of drug-likeness (QED) is 0.931. The normalized spacial score (nSPS) is 11.3. The molecule has 0 saturated carbocycles. The molecule has 1 N–H and O–H groups in total. The number of carbonyl (C=O) groups excluding carboxylic acids is 1. The van der Waals surface area contributed by atoms with Gasteiger partial charge in [0.25, 0.3) is 0 Å². The van der Waals surface area contributed by atoms with Gasteiger partial charge in [0.05, 0.1) is 35.6 Å². The molecule has 0 aliphatic carbocycles. The summed E-state index contributed by atoms with van der Waals surface area (Å²) in [7, 11) is 0. The molecule has 4 nitrogen and oxygen atoms in total. The predicted octanol–water partition coefficient (Wildman–Crippen LogP) is 2.89. The van der Waals surface area contributed by atoms with Crippen LogP contribution in [0.4, 0.5) is 0 Å².